The molecule has 1 aliphatic rings. The maximum Gasteiger partial charge on any atom is 0.234 e. The summed E-state index contributed by atoms with van der Waals surface area (Å²) in [5.74, 6) is -0.327. The monoisotopic (exact) mass is 158 g/mol. The van der Waals surface area contributed by atoms with Gasteiger partial charge in [-0.1, -0.05) is 0 Å². The van der Waals surface area contributed by atoms with E-state index in [4.69, 9.17) is 10.6 Å². The summed E-state index contributed by atoms with van der Waals surface area (Å²) in [4.78, 5) is 15.7. The zero-order valence-corrected chi connectivity index (χ0v) is 6.58. The van der Waals surface area contributed by atoms with Crippen LogP contribution in [0.4, 0.5) is 0 Å². The average molecular weight is 158 g/mol. The van der Waals surface area contributed by atoms with E-state index in [9.17, 15) is 4.79 Å². The normalized spacial score (nSPS) is 21.1. The molecule has 64 valence electrons. The quantitative estimate of drug-likeness (QED) is 0.610. The minimum Gasteiger partial charge on any atom is -0.368 e. The Hall–Kier alpha value is -0.610. The van der Waals surface area contributed by atoms with E-state index < -0.39 is 0 Å². The number of hydroxylamine groups is 2. The van der Waals surface area contributed by atoms with Crippen LogP contribution in [0.25, 0.3) is 0 Å². The Morgan fingerprint density at radius 1 is 1.45 bits per heavy atom. The summed E-state index contributed by atoms with van der Waals surface area (Å²) in [5.41, 5.74) is 5.01. The molecule has 1 saturated heterocycles. The van der Waals surface area contributed by atoms with Crippen molar-refractivity contribution in [2.24, 2.45) is 5.73 Å². The first kappa shape index (κ1) is 8.49. The van der Waals surface area contributed by atoms with Gasteiger partial charge in [0.2, 0.25) is 5.91 Å². The van der Waals surface area contributed by atoms with Gasteiger partial charge in [0.1, 0.15) is 6.54 Å². The van der Waals surface area contributed by atoms with Gasteiger partial charge < -0.3 is 5.73 Å². The number of nitrogens with two attached hydrogens (primary N) is 1. The van der Waals surface area contributed by atoms with Gasteiger partial charge in [0.15, 0.2) is 0 Å². The predicted molar refractivity (Wildman–Crippen MR) is 40.6 cm³/mol. The zero-order valence-electron chi connectivity index (χ0n) is 6.58. The Labute approximate surface area is 66.3 Å². The Morgan fingerprint density at radius 3 is 3.00 bits per heavy atom. The van der Waals surface area contributed by atoms with Gasteiger partial charge in [-0.25, -0.2) is 0 Å². The van der Waals surface area contributed by atoms with Crippen LogP contribution in [0, 0.1) is 0 Å². The van der Waals surface area contributed by atoms with E-state index in [1.165, 1.54) is 6.42 Å². The lowest BCUT2D eigenvalue weighted by atomic mass is 10.2. The number of carbonyl (C=O) groups is 1. The molecule has 0 bridgehead atoms. The van der Waals surface area contributed by atoms with Crippen LogP contribution in [0.5, 0.6) is 0 Å². The van der Waals surface area contributed by atoms with E-state index in [0.717, 1.165) is 19.4 Å². The zero-order chi connectivity index (χ0) is 8.10. The molecule has 4 nitrogen and oxygen atoms in total. The van der Waals surface area contributed by atoms with Crippen molar-refractivity contribution in [2.45, 2.75) is 19.3 Å². The first-order valence-electron chi connectivity index (χ1n) is 3.95. The molecule has 0 saturated carbocycles. The molecular weight excluding hydrogens is 144 g/mol. The first-order valence-corrected chi connectivity index (χ1v) is 3.95. The van der Waals surface area contributed by atoms with Crippen LogP contribution < -0.4 is 5.73 Å². The van der Waals surface area contributed by atoms with Crippen molar-refractivity contribution in [3.05, 3.63) is 0 Å². The van der Waals surface area contributed by atoms with Crippen LogP contribution in [0.2, 0.25) is 0 Å². The molecule has 0 aliphatic carbocycles. The maximum atomic E-state index is 10.5. The van der Waals surface area contributed by atoms with Gasteiger partial charge in [-0.2, -0.15) is 5.06 Å². The largest absolute Gasteiger partial charge is 0.368 e. The molecule has 0 spiro atoms. The molecule has 0 atom stereocenters. The van der Waals surface area contributed by atoms with E-state index in [1.807, 2.05) is 0 Å². The topological polar surface area (TPSA) is 55.6 Å². The van der Waals surface area contributed by atoms with E-state index >= 15 is 0 Å². The molecule has 1 heterocycles. The number of hydrogen-bond acceptors (Lipinski definition) is 3. The molecule has 1 fully saturated rings. The molecule has 0 aromatic carbocycles. The highest BCUT2D eigenvalue weighted by Crippen LogP contribution is 2.05. The average Bonchev–Trinajstić information content (AvgIpc) is 2.14. The van der Waals surface area contributed by atoms with Gasteiger partial charge in [0.05, 0.1) is 6.61 Å². The lowest BCUT2D eigenvalue weighted by Crippen LogP contribution is -2.33. The second-order valence-electron chi connectivity index (χ2n) is 2.72. The minimum absolute atomic E-state index is 0.222. The van der Waals surface area contributed by atoms with Crippen molar-refractivity contribution in [1.29, 1.82) is 0 Å². The van der Waals surface area contributed by atoms with Crippen molar-refractivity contribution >= 4 is 5.91 Å². The van der Waals surface area contributed by atoms with Gasteiger partial charge >= 0.3 is 0 Å². The van der Waals surface area contributed by atoms with Gasteiger partial charge in [0.25, 0.3) is 0 Å². The smallest absolute Gasteiger partial charge is 0.234 e. The van der Waals surface area contributed by atoms with Crippen LogP contribution >= 0.6 is 0 Å². The van der Waals surface area contributed by atoms with Crippen LogP contribution in [0.15, 0.2) is 0 Å². The molecular formula is C7H14N2O2. The highest BCUT2D eigenvalue weighted by atomic mass is 16.7. The van der Waals surface area contributed by atoms with Crippen LogP contribution in [0.3, 0.4) is 0 Å². The third-order valence-corrected chi connectivity index (χ3v) is 1.66. The summed E-state index contributed by atoms with van der Waals surface area (Å²) < 4.78 is 0. The highest BCUT2D eigenvalue weighted by Gasteiger charge is 2.10. The van der Waals surface area contributed by atoms with Crippen molar-refractivity contribution < 1.29 is 9.63 Å². The maximum absolute atomic E-state index is 10.5. The number of hydrogen-bond donors (Lipinski definition) is 1. The predicted octanol–water partition coefficient (Wildman–Crippen LogP) is -0.111. The number of nitrogens with zero attached hydrogens (tertiary/aromatic N) is 1. The summed E-state index contributed by atoms with van der Waals surface area (Å²) in [7, 11) is 0. The van der Waals surface area contributed by atoms with Crippen LogP contribution in [0.1, 0.15) is 19.3 Å². The van der Waals surface area contributed by atoms with E-state index in [0.29, 0.717) is 6.61 Å². The number of carbonyl (C=O) groups excluding carboxylic acids is 1. The minimum atomic E-state index is -0.327. The van der Waals surface area contributed by atoms with E-state index in [1.54, 1.807) is 5.06 Å². The number of primary amides is 1. The lowest BCUT2D eigenvalue weighted by molar-refractivity contribution is -0.160. The molecule has 4 heteroatoms. The fourth-order valence-corrected chi connectivity index (χ4v) is 1.12. The molecule has 1 rings (SSSR count). The number of amides is 1. The molecule has 0 aromatic heterocycles. The molecule has 0 radical (unpaired) electrons. The molecule has 1 aliphatic heterocycles. The first-order chi connectivity index (χ1) is 5.29. The SMILES string of the molecule is NC(=O)CN1CCCCCO1. The molecule has 0 unspecified atom stereocenters. The van der Waals surface area contributed by atoms with Gasteiger partial charge in [-0.3, -0.25) is 9.63 Å². The Bertz CT molecular complexity index is 130. The highest BCUT2D eigenvalue weighted by molar-refractivity contribution is 5.75. The Morgan fingerprint density at radius 2 is 2.27 bits per heavy atom. The summed E-state index contributed by atoms with van der Waals surface area (Å²) in [6, 6.07) is 0. The Balaban J connectivity index is 2.25. The summed E-state index contributed by atoms with van der Waals surface area (Å²) in [6.45, 7) is 1.76. The molecule has 2 N–H and O–H groups in total. The van der Waals surface area contributed by atoms with Crippen molar-refractivity contribution in [3.63, 3.8) is 0 Å². The number of rotatable bonds is 2. The van der Waals surface area contributed by atoms with E-state index in [-0.39, 0.29) is 12.5 Å². The summed E-state index contributed by atoms with van der Waals surface area (Å²) in [6.07, 6.45) is 3.35. The lowest BCUT2D eigenvalue weighted by Gasteiger charge is -2.16. The van der Waals surface area contributed by atoms with Gasteiger partial charge in [0, 0.05) is 6.54 Å². The second-order valence-corrected chi connectivity index (χ2v) is 2.72. The molecule has 1 amide bonds. The van der Waals surface area contributed by atoms with Crippen LogP contribution in [-0.4, -0.2) is 30.7 Å². The van der Waals surface area contributed by atoms with Gasteiger partial charge in [-0.15, -0.1) is 0 Å². The Kier molecular flexibility index (Phi) is 3.32. The fourth-order valence-electron chi connectivity index (χ4n) is 1.12. The molecule has 0 aromatic rings. The van der Waals surface area contributed by atoms with Crippen molar-refractivity contribution in [2.75, 3.05) is 19.7 Å². The second kappa shape index (κ2) is 4.31. The summed E-state index contributed by atoms with van der Waals surface area (Å²) in [5, 5.41) is 1.65. The third-order valence-electron chi connectivity index (χ3n) is 1.66. The van der Waals surface area contributed by atoms with Gasteiger partial charge in [-0.05, 0) is 19.3 Å². The van der Waals surface area contributed by atoms with Crippen LogP contribution in [-0.2, 0) is 9.63 Å². The fraction of sp³-hybridized carbons (Fsp3) is 0.857. The standard InChI is InChI=1S/C7H14N2O2/c8-7(10)6-9-4-2-1-3-5-11-9/h1-6H2,(H2,8,10). The van der Waals surface area contributed by atoms with E-state index in [2.05, 4.69) is 0 Å². The van der Waals surface area contributed by atoms with Crippen molar-refractivity contribution in [3.8, 4) is 0 Å². The molecule has 11 heavy (non-hydrogen) atoms. The third kappa shape index (κ3) is 3.34. The summed E-state index contributed by atoms with van der Waals surface area (Å²) >= 11 is 0. The van der Waals surface area contributed by atoms with Crippen molar-refractivity contribution in [1.82, 2.24) is 5.06 Å².